The van der Waals surface area contributed by atoms with E-state index in [4.69, 9.17) is 20.6 Å². The predicted molar refractivity (Wildman–Crippen MR) is 53.1 cm³/mol. The molecule has 8 nitrogen and oxygen atoms in total. The molecule has 1 saturated heterocycles. The minimum absolute atomic E-state index is 0. The van der Waals surface area contributed by atoms with Gasteiger partial charge in [-0.05, 0) is 6.42 Å². The normalized spacial score (nSPS) is 21.6. The maximum Gasteiger partial charge on any atom is 0.451 e. The molecular weight excluding hydrogens is 225 g/mol. The van der Waals surface area contributed by atoms with E-state index in [0.29, 0.717) is 13.0 Å². The number of carbonyl (C=O) groups is 1. The molecule has 0 bridgehead atoms. The SMILES string of the molecule is C.NC(=NP(=O)(O)O)N1CCC1C(=O)O. The van der Waals surface area contributed by atoms with Crippen molar-refractivity contribution in [2.45, 2.75) is 19.9 Å². The molecule has 1 aliphatic rings. The van der Waals surface area contributed by atoms with E-state index < -0.39 is 25.7 Å². The van der Waals surface area contributed by atoms with Crippen molar-refractivity contribution < 1.29 is 24.3 Å². The first-order valence-electron chi connectivity index (χ1n) is 3.72. The van der Waals surface area contributed by atoms with E-state index in [-0.39, 0.29) is 7.43 Å². The van der Waals surface area contributed by atoms with Gasteiger partial charge in [0.2, 0.25) is 5.96 Å². The number of guanidine groups is 1. The van der Waals surface area contributed by atoms with Crippen LogP contribution in [-0.4, -0.2) is 44.3 Å². The summed E-state index contributed by atoms with van der Waals surface area (Å²) in [4.78, 5) is 28.5. The minimum Gasteiger partial charge on any atom is -0.480 e. The van der Waals surface area contributed by atoms with Gasteiger partial charge in [-0.1, -0.05) is 7.43 Å². The molecule has 0 amide bonds. The number of carboxylic acids is 1. The average Bonchev–Trinajstić information content (AvgIpc) is 1.75. The molecule has 9 heteroatoms. The molecule has 0 aliphatic carbocycles. The van der Waals surface area contributed by atoms with Crippen molar-refractivity contribution in [3.63, 3.8) is 0 Å². The molecule has 5 N–H and O–H groups in total. The fourth-order valence-electron chi connectivity index (χ4n) is 1.11. The zero-order valence-corrected chi connectivity index (χ0v) is 7.96. The van der Waals surface area contributed by atoms with Crippen LogP contribution in [0.15, 0.2) is 4.76 Å². The number of rotatable bonds is 2. The molecule has 1 unspecified atom stereocenters. The van der Waals surface area contributed by atoms with Gasteiger partial charge in [0.25, 0.3) is 0 Å². The van der Waals surface area contributed by atoms with E-state index in [2.05, 4.69) is 4.76 Å². The van der Waals surface area contributed by atoms with Gasteiger partial charge in [0.05, 0.1) is 0 Å². The van der Waals surface area contributed by atoms with Gasteiger partial charge in [0.1, 0.15) is 6.04 Å². The summed E-state index contributed by atoms with van der Waals surface area (Å²) in [5.41, 5.74) is 5.21. The molecule has 0 saturated carbocycles. The Kier molecular flexibility index (Phi) is 4.27. The first-order valence-corrected chi connectivity index (χ1v) is 5.28. The Balaban J connectivity index is 0.00000196. The Morgan fingerprint density at radius 1 is 1.53 bits per heavy atom. The second-order valence-corrected chi connectivity index (χ2v) is 4.03. The standard InChI is InChI=1S/C5H10N3O5P.CH4/c6-5(7-14(11,12)13)8-2-1-3(8)4(9)10;/h3H,1-2H2,(H,9,10)(H4,6,7,11,12,13);1H4. The van der Waals surface area contributed by atoms with Gasteiger partial charge >= 0.3 is 13.7 Å². The van der Waals surface area contributed by atoms with Gasteiger partial charge in [-0.3, -0.25) is 0 Å². The summed E-state index contributed by atoms with van der Waals surface area (Å²) in [5, 5.41) is 8.60. The van der Waals surface area contributed by atoms with Gasteiger partial charge in [-0.25, -0.2) is 9.36 Å². The van der Waals surface area contributed by atoms with E-state index in [9.17, 15) is 9.36 Å². The fourth-order valence-corrected chi connectivity index (χ4v) is 1.49. The van der Waals surface area contributed by atoms with Crippen LogP contribution < -0.4 is 5.73 Å². The highest BCUT2D eigenvalue weighted by molar-refractivity contribution is 7.50. The van der Waals surface area contributed by atoms with E-state index in [1.807, 2.05) is 0 Å². The van der Waals surface area contributed by atoms with Crippen LogP contribution in [0.1, 0.15) is 13.8 Å². The zero-order valence-electron chi connectivity index (χ0n) is 7.07. The molecule has 88 valence electrons. The predicted octanol–water partition coefficient (Wildman–Crippen LogP) is -0.811. The first kappa shape index (κ1) is 13.9. The van der Waals surface area contributed by atoms with Crippen LogP contribution in [0.3, 0.4) is 0 Å². The highest BCUT2D eigenvalue weighted by atomic mass is 31.2. The Hall–Kier alpha value is -1.11. The summed E-state index contributed by atoms with van der Waals surface area (Å²) < 4.78 is 13.3. The number of nitrogens with two attached hydrogens (primary N) is 1. The highest BCUT2D eigenvalue weighted by Gasteiger charge is 2.36. The number of nitrogens with zero attached hydrogens (tertiary/aromatic N) is 2. The average molecular weight is 239 g/mol. The lowest BCUT2D eigenvalue weighted by molar-refractivity contribution is -0.145. The van der Waals surface area contributed by atoms with Gasteiger partial charge in [0.15, 0.2) is 0 Å². The number of hydrogen-bond donors (Lipinski definition) is 4. The molecule has 15 heavy (non-hydrogen) atoms. The molecule has 1 aliphatic heterocycles. The van der Waals surface area contributed by atoms with Crippen LogP contribution in [-0.2, 0) is 9.36 Å². The molecule has 0 aromatic carbocycles. The third-order valence-corrected chi connectivity index (χ3v) is 2.30. The van der Waals surface area contributed by atoms with Gasteiger partial charge in [0, 0.05) is 6.54 Å². The highest BCUT2D eigenvalue weighted by Crippen LogP contribution is 2.36. The monoisotopic (exact) mass is 239 g/mol. The molecule has 1 atom stereocenters. The molecule has 1 heterocycles. The Bertz CT molecular complexity index is 325. The smallest absolute Gasteiger partial charge is 0.451 e. The summed E-state index contributed by atoms with van der Waals surface area (Å²) in [6.45, 7) is 0.340. The van der Waals surface area contributed by atoms with E-state index in [0.717, 1.165) is 4.90 Å². The van der Waals surface area contributed by atoms with Crippen molar-refractivity contribution in [2.75, 3.05) is 6.54 Å². The van der Waals surface area contributed by atoms with Crippen LogP contribution in [0, 0.1) is 0 Å². The van der Waals surface area contributed by atoms with Gasteiger partial charge < -0.3 is 25.5 Å². The Labute approximate surface area is 86.6 Å². The minimum atomic E-state index is -4.58. The number of likely N-dealkylation sites (tertiary alicyclic amines) is 1. The van der Waals surface area contributed by atoms with E-state index in [1.54, 1.807) is 0 Å². The molecule has 1 rings (SSSR count). The van der Waals surface area contributed by atoms with Gasteiger partial charge in [-0.15, -0.1) is 4.76 Å². The molecule has 1 fully saturated rings. The van der Waals surface area contributed by atoms with Crippen molar-refractivity contribution in [1.82, 2.24) is 4.90 Å². The lowest BCUT2D eigenvalue weighted by Gasteiger charge is -2.38. The lowest BCUT2D eigenvalue weighted by Crippen LogP contribution is -2.57. The summed E-state index contributed by atoms with van der Waals surface area (Å²) >= 11 is 0. The summed E-state index contributed by atoms with van der Waals surface area (Å²) in [5.74, 6) is -1.52. The van der Waals surface area contributed by atoms with Crippen LogP contribution in [0.25, 0.3) is 0 Å². The Morgan fingerprint density at radius 3 is 2.33 bits per heavy atom. The zero-order chi connectivity index (χ0) is 10.9. The van der Waals surface area contributed by atoms with Crippen LogP contribution >= 0.6 is 7.75 Å². The maximum atomic E-state index is 10.5. The van der Waals surface area contributed by atoms with Crippen molar-refractivity contribution in [2.24, 2.45) is 10.5 Å². The molecule has 0 aromatic rings. The lowest BCUT2D eigenvalue weighted by atomic mass is 10.0. The van der Waals surface area contributed by atoms with E-state index in [1.165, 1.54) is 0 Å². The second kappa shape index (κ2) is 4.61. The summed E-state index contributed by atoms with van der Waals surface area (Å²) in [7, 11) is -4.58. The van der Waals surface area contributed by atoms with Gasteiger partial charge in [-0.2, -0.15) is 0 Å². The van der Waals surface area contributed by atoms with Crippen molar-refractivity contribution >= 4 is 19.7 Å². The van der Waals surface area contributed by atoms with Crippen molar-refractivity contribution in [3.05, 3.63) is 0 Å². The van der Waals surface area contributed by atoms with E-state index >= 15 is 0 Å². The topological polar surface area (TPSA) is 136 Å². The third-order valence-electron chi connectivity index (χ3n) is 1.83. The maximum absolute atomic E-state index is 10.5. The van der Waals surface area contributed by atoms with Crippen LogP contribution in [0.5, 0.6) is 0 Å². The quantitative estimate of drug-likeness (QED) is 0.281. The van der Waals surface area contributed by atoms with Crippen molar-refractivity contribution in [1.29, 1.82) is 0 Å². The molecule has 0 aromatic heterocycles. The Morgan fingerprint density at radius 2 is 2.07 bits per heavy atom. The summed E-state index contributed by atoms with van der Waals surface area (Å²) in [6, 6.07) is -0.828. The summed E-state index contributed by atoms with van der Waals surface area (Å²) in [6.07, 6.45) is 0.396. The second-order valence-electron chi connectivity index (χ2n) is 2.81. The fraction of sp³-hybridized carbons (Fsp3) is 0.667. The number of carboxylic acid groups (broad SMARTS) is 1. The largest absolute Gasteiger partial charge is 0.480 e. The molecule has 0 spiro atoms. The number of hydrogen-bond acceptors (Lipinski definition) is 2. The molecular formula is C6H14N3O5P. The van der Waals surface area contributed by atoms with Crippen molar-refractivity contribution in [3.8, 4) is 0 Å². The number of aliphatic carboxylic acids is 1. The molecule has 0 radical (unpaired) electrons. The van der Waals surface area contributed by atoms with Crippen LogP contribution in [0.4, 0.5) is 0 Å². The van der Waals surface area contributed by atoms with Crippen LogP contribution in [0.2, 0.25) is 0 Å². The first-order chi connectivity index (χ1) is 6.31. The third kappa shape index (κ3) is 3.50.